The number of aryl methyl sites for hydroxylation is 2. The summed E-state index contributed by atoms with van der Waals surface area (Å²) in [4.78, 5) is 11.7. The van der Waals surface area contributed by atoms with Crippen molar-refractivity contribution in [3.63, 3.8) is 0 Å². The van der Waals surface area contributed by atoms with Crippen LogP contribution in [0.15, 0.2) is 35.4 Å². The third kappa shape index (κ3) is 3.28. The van der Waals surface area contributed by atoms with Gasteiger partial charge in [0.25, 0.3) is 5.91 Å². The van der Waals surface area contributed by atoms with E-state index >= 15 is 0 Å². The Hall–Kier alpha value is -2.43. The minimum Gasteiger partial charge on any atom is -0.282 e. The van der Waals surface area contributed by atoms with Crippen molar-refractivity contribution in [2.24, 2.45) is 5.10 Å². The highest BCUT2D eigenvalue weighted by molar-refractivity contribution is 6.00. The molecule has 0 aliphatic heterocycles. The van der Waals surface area contributed by atoms with Gasteiger partial charge in [-0.2, -0.15) is 10.2 Å². The molecule has 0 unspecified atom stereocenters. The quantitative estimate of drug-likeness (QED) is 0.652. The second-order valence-corrected chi connectivity index (χ2v) is 4.44. The molecule has 1 aromatic carbocycles. The van der Waals surface area contributed by atoms with Crippen LogP contribution < -0.4 is 5.43 Å². The average Bonchev–Trinajstić information content (AvgIpc) is 2.83. The number of aromatic amines is 1. The minimum absolute atomic E-state index is 0.323. The summed E-state index contributed by atoms with van der Waals surface area (Å²) in [5.41, 5.74) is 6.57. The fourth-order valence-electron chi connectivity index (χ4n) is 1.59. The Morgan fingerprint density at radius 3 is 2.53 bits per heavy atom. The predicted molar refractivity (Wildman–Crippen MR) is 74.2 cm³/mol. The summed E-state index contributed by atoms with van der Waals surface area (Å²) in [6.45, 7) is 5.71. The number of H-pyrrole nitrogens is 1. The molecule has 1 amide bonds. The molecule has 2 N–H and O–H groups in total. The molecule has 0 saturated carbocycles. The van der Waals surface area contributed by atoms with Crippen molar-refractivity contribution in [2.75, 3.05) is 0 Å². The number of rotatable bonds is 3. The smallest absolute Gasteiger partial charge is 0.282 e. The van der Waals surface area contributed by atoms with E-state index in [2.05, 4.69) is 20.7 Å². The van der Waals surface area contributed by atoms with E-state index in [9.17, 15) is 4.79 Å². The number of aromatic nitrogens is 2. The fraction of sp³-hybridized carbons (Fsp3) is 0.214. The van der Waals surface area contributed by atoms with Gasteiger partial charge in [0.1, 0.15) is 0 Å². The molecule has 5 heteroatoms. The van der Waals surface area contributed by atoms with Crippen molar-refractivity contribution >= 4 is 11.6 Å². The van der Waals surface area contributed by atoms with Gasteiger partial charge in [0.2, 0.25) is 0 Å². The summed E-state index contributed by atoms with van der Waals surface area (Å²) < 4.78 is 0. The number of hydrazone groups is 1. The van der Waals surface area contributed by atoms with E-state index in [1.165, 1.54) is 5.56 Å². The number of carbonyl (C=O) groups excluding carboxylic acids is 1. The van der Waals surface area contributed by atoms with Gasteiger partial charge in [-0.15, -0.1) is 0 Å². The van der Waals surface area contributed by atoms with Crippen molar-refractivity contribution < 1.29 is 4.79 Å². The van der Waals surface area contributed by atoms with E-state index in [-0.39, 0.29) is 5.91 Å². The highest BCUT2D eigenvalue weighted by Gasteiger charge is 2.08. The molecular formula is C14H16N4O. The van der Waals surface area contributed by atoms with Crippen LogP contribution in [0.5, 0.6) is 0 Å². The van der Waals surface area contributed by atoms with Crippen molar-refractivity contribution in [1.82, 2.24) is 15.6 Å². The molecule has 1 aromatic heterocycles. The standard InChI is InChI=1S/C14H16N4O/c1-9-4-6-12(7-5-9)11(3)16-18-14(19)13-8-10(2)15-17-13/h4-8H,1-3H3,(H,15,17)(H,18,19). The largest absolute Gasteiger partial charge is 0.291 e. The zero-order valence-corrected chi connectivity index (χ0v) is 11.2. The highest BCUT2D eigenvalue weighted by atomic mass is 16.2. The average molecular weight is 256 g/mol. The summed E-state index contributed by atoms with van der Waals surface area (Å²) in [6.07, 6.45) is 0. The predicted octanol–water partition coefficient (Wildman–Crippen LogP) is 2.18. The van der Waals surface area contributed by atoms with Crippen LogP contribution in [0.3, 0.4) is 0 Å². The van der Waals surface area contributed by atoms with E-state index < -0.39 is 0 Å². The van der Waals surface area contributed by atoms with Gasteiger partial charge in [0, 0.05) is 5.69 Å². The second kappa shape index (κ2) is 5.48. The number of amides is 1. The molecule has 2 rings (SSSR count). The monoisotopic (exact) mass is 256 g/mol. The van der Waals surface area contributed by atoms with Crippen molar-refractivity contribution in [2.45, 2.75) is 20.8 Å². The van der Waals surface area contributed by atoms with E-state index in [0.29, 0.717) is 5.69 Å². The van der Waals surface area contributed by atoms with Gasteiger partial charge in [-0.25, -0.2) is 5.43 Å². The zero-order valence-electron chi connectivity index (χ0n) is 11.2. The van der Waals surface area contributed by atoms with Gasteiger partial charge in [-0.3, -0.25) is 9.89 Å². The first kappa shape index (κ1) is 13.0. The summed E-state index contributed by atoms with van der Waals surface area (Å²) >= 11 is 0. The maximum absolute atomic E-state index is 11.7. The van der Waals surface area contributed by atoms with Crippen LogP contribution in [0.4, 0.5) is 0 Å². The lowest BCUT2D eigenvalue weighted by Gasteiger charge is -2.02. The lowest BCUT2D eigenvalue weighted by atomic mass is 10.1. The van der Waals surface area contributed by atoms with Crippen LogP contribution in [-0.2, 0) is 0 Å². The zero-order chi connectivity index (χ0) is 13.8. The van der Waals surface area contributed by atoms with Crippen LogP contribution >= 0.6 is 0 Å². The first-order valence-corrected chi connectivity index (χ1v) is 6.00. The molecule has 0 radical (unpaired) electrons. The molecule has 19 heavy (non-hydrogen) atoms. The van der Waals surface area contributed by atoms with Crippen LogP contribution in [0, 0.1) is 13.8 Å². The topological polar surface area (TPSA) is 70.1 Å². The highest BCUT2D eigenvalue weighted by Crippen LogP contribution is 2.04. The maximum atomic E-state index is 11.7. The molecule has 0 fully saturated rings. The summed E-state index contributed by atoms with van der Waals surface area (Å²) in [5.74, 6) is -0.323. The number of hydrogen-bond acceptors (Lipinski definition) is 3. The Labute approximate surface area is 111 Å². The summed E-state index contributed by atoms with van der Waals surface area (Å²) in [7, 11) is 0. The summed E-state index contributed by atoms with van der Waals surface area (Å²) in [5, 5.41) is 10.7. The van der Waals surface area contributed by atoms with E-state index in [0.717, 1.165) is 17.0 Å². The van der Waals surface area contributed by atoms with Gasteiger partial charge >= 0.3 is 0 Å². The van der Waals surface area contributed by atoms with E-state index in [1.807, 2.05) is 45.0 Å². The van der Waals surface area contributed by atoms with Crippen molar-refractivity contribution in [3.05, 3.63) is 52.8 Å². The third-order valence-corrected chi connectivity index (χ3v) is 2.73. The molecule has 0 saturated heterocycles. The van der Waals surface area contributed by atoms with Crippen molar-refractivity contribution in [1.29, 1.82) is 0 Å². The van der Waals surface area contributed by atoms with E-state index in [1.54, 1.807) is 6.07 Å². The minimum atomic E-state index is -0.323. The third-order valence-electron chi connectivity index (χ3n) is 2.73. The van der Waals surface area contributed by atoms with Gasteiger partial charge in [-0.05, 0) is 32.4 Å². The Morgan fingerprint density at radius 2 is 1.95 bits per heavy atom. The number of hydrogen-bond donors (Lipinski definition) is 2. The van der Waals surface area contributed by atoms with Crippen LogP contribution in [0.1, 0.15) is 34.2 Å². The molecule has 0 spiro atoms. The summed E-state index contributed by atoms with van der Waals surface area (Å²) in [6, 6.07) is 9.63. The van der Waals surface area contributed by atoms with Gasteiger partial charge in [0.05, 0.1) is 5.71 Å². The molecule has 0 aliphatic carbocycles. The molecule has 0 aliphatic rings. The molecule has 98 valence electrons. The normalized spacial score (nSPS) is 11.4. The Balaban J connectivity index is 2.06. The molecule has 5 nitrogen and oxygen atoms in total. The van der Waals surface area contributed by atoms with Gasteiger partial charge < -0.3 is 0 Å². The molecule has 0 atom stereocenters. The Morgan fingerprint density at radius 1 is 1.26 bits per heavy atom. The number of benzene rings is 1. The van der Waals surface area contributed by atoms with Crippen LogP contribution in [0.2, 0.25) is 0 Å². The van der Waals surface area contributed by atoms with Crippen LogP contribution in [-0.4, -0.2) is 21.8 Å². The van der Waals surface area contributed by atoms with Crippen molar-refractivity contribution in [3.8, 4) is 0 Å². The van der Waals surface area contributed by atoms with Gasteiger partial charge in [-0.1, -0.05) is 29.8 Å². The first-order valence-electron chi connectivity index (χ1n) is 6.00. The Kier molecular flexibility index (Phi) is 3.75. The Bertz CT molecular complexity index is 611. The van der Waals surface area contributed by atoms with Gasteiger partial charge in [0.15, 0.2) is 5.69 Å². The van der Waals surface area contributed by atoms with Crippen LogP contribution in [0.25, 0.3) is 0 Å². The lowest BCUT2D eigenvalue weighted by molar-refractivity contribution is 0.0950. The second-order valence-electron chi connectivity index (χ2n) is 4.44. The lowest BCUT2D eigenvalue weighted by Crippen LogP contribution is -2.19. The molecule has 0 bridgehead atoms. The number of nitrogens with zero attached hydrogens (tertiary/aromatic N) is 2. The fourth-order valence-corrected chi connectivity index (χ4v) is 1.59. The molecular weight excluding hydrogens is 240 g/mol. The molecule has 1 heterocycles. The first-order chi connectivity index (χ1) is 9.06. The number of carbonyl (C=O) groups is 1. The van der Waals surface area contributed by atoms with E-state index in [4.69, 9.17) is 0 Å². The SMILES string of the molecule is CC(=NNC(=O)c1cc(C)[nH]n1)c1ccc(C)cc1. The maximum Gasteiger partial charge on any atom is 0.291 e. The molecule has 2 aromatic rings. The number of nitrogens with one attached hydrogen (secondary N) is 2.